The van der Waals surface area contributed by atoms with Gasteiger partial charge in [0.15, 0.2) is 0 Å². The molecule has 192 valence electrons. The minimum atomic E-state index is -0.158. The number of thiophene rings is 1. The van der Waals surface area contributed by atoms with Crippen LogP contribution >= 0.6 is 11.3 Å². The van der Waals surface area contributed by atoms with Gasteiger partial charge in [-0.25, -0.2) is 9.97 Å². The predicted molar refractivity (Wildman–Crippen MR) is 149 cm³/mol. The number of amides is 2. The van der Waals surface area contributed by atoms with E-state index in [0.29, 0.717) is 36.3 Å². The predicted octanol–water partition coefficient (Wildman–Crippen LogP) is 5.75. The highest BCUT2D eigenvalue weighted by atomic mass is 32.1. The topological polar surface area (TPSA) is 84.4 Å². The van der Waals surface area contributed by atoms with Gasteiger partial charge in [0.1, 0.15) is 5.69 Å². The first-order valence-corrected chi connectivity index (χ1v) is 13.7. The summed E-state index contributed by atoms with van der Waals surface area (Å²) in [5.74, 6) is 0.391. The summed E-state index contributed by atoms with van der Waals surface area (Å²) in [6, 6.07) is 19.4. The fourth-order valence-electron chi connectivity index (χ4n) is 4.60. The van der Waals surface area contributed by atoms with E-state index in [1.54, 1.807) is 17.2 Å². The van der Waals surface area contributed by atoms with Gasteiger partial charge in [0.05, 0.1) is 22.4 Å². The Hall–Kier alpha value is -4.04. The summed E-state index contributed by atoms with van der Waals surface area (Å²) in [5, 5.41) is 3.08. The number of aromatic nitrogens is 2. The van der Waals surface area contributed by atoms with E-state index in [0.717, 1.165) is 45.0 Å². The van der Waals surface area contributed by atoms with E-state index in [4.69, 9.17) is 9.72 Å². The number of carbonyl (C=O) groups excluding carboxylic acids is 2. The van der Waals surface area contributed by atoms with Crippen molar-refractivity contribution in [1.29, 1.82) is 0 Å². The molecule has 1 saturated carbocycles. The quantitative estimate of drug-likeness (QED) is 0.347. The van der Waals surface area contributed by atoms with Crippen LogP contribution in [-0.2, 0) is 6.42 Å². The van der Waals surface area contributed by atoms with E-state index in [2.05, 4.69) is 10.3 Å². The Balaban J connectivity index is 1.28. The molecule has 0 spiro atoms. The Labute approximate surface area is 225 Å². The Bertz CT molecular complexity index is 1510. The maximum atomic E-state index is 13.8. The number of fused-ring (bicyclic) bond motifs is 3. The zero-order valence-electron chi connectivity index (χ0n) is 21.3. The molecule has 2 amide bonds. The number of pyridine rings is 2. The van der Waals surface area contributed by atoms with Crippen LogP contribution in [-0.4, -0.2) is 40.5 Å². The average Bonchev–Trinajstić information content (AvgIpc) is 3.67. The second-order valence-electron chi connectivity index (χ2n) is 9.90. The van der Waals surface area contributed by atoms with Crippen LogP contribution in [0.4, 0.5) is 5.69 Å². The zero-order valence-corrected chi connectivity index (χ0v) is 22.1. The van der Waals surface area contributed by atoms with E-state index in [1.807, 2.05) is 68.4 Å². The number of benzene rings is 1. The molecule has 4 heterocycles. The lowest BCUT2D eigenvalue weighted by molar-refractivity contribution is 0.0952. The molecule has 4 aromatic rings. The molecule has 1 aliphatic carbocycles. The molecule has 0 atom stereocenters. The summed E-state index contributed by atoms with van der Waals surface area (Å²) in [4.78, 5) is 39.2. The summed E-state index contributed by atoms with van der Waals surface area (Å²) < 4.78 is 5.64. The van der Waals surface area contributed by atoms with E-state index in [1.165, 1.54) is 11.3 Å². The minimum Gasteiger partial charge on any atom is -0.475 e. The minimum absolute atomic E-state index is 0.00436. The highest BCUT2D eigenvalue weighted by Crippen LogP contribution is 2.42. The number of carbonyl (C=O) groups is 2. The molecule has 8 heteroatoms. The summed E-state index contributed by atoms with van der Waals surface area (Å²) in [7, 11) is 0. The van der Waals surface area contributed by atoms with Crippen molar-refractivity contribution < 1.29 is 14.3 Å². The molecule has 6 rings (SSSR count). The molecular formula is C30H28N4O3S. The van der Waals surface area contributed by atoms with Gasteiger partial charge < -0.3 is 15.0 Å². The first kappa shape index (κ1) is 24.3. The molecule has 1 aliphatic heterocycles. The van der Waals surface area contributed by atoms with Crippen LogP contribution in [0.1, 0.15) is 52.4 Å². The molecule has 1 fully saturated rings. The van der Waals surface area contributed by atoms with Crippen LogP contribution in [0.2, 0.25) is 0 Å². The largest absolute Gasteiger partial charge is 0.475 e. The number of nitrogens with zero attached hydrogens (tertiary/aromatic N) is 3. The van der Waals surface area contributed by atoms with E-state index >= 15 is 0 Å². The van der Waals surface area contributed by atoms with Crippen molar-refractivity contribution in [2.45, 2.75) is 45.3 Å². The van der Waals surface area contributed by atoms with E-state index in [-0.39, 0.29) is 17.9 Å². The Morgan fingerprint density at radius 3 is 2.68 bits per heavy atom. The number of hydrogen-bond acceptors (Lipinski definition) is 6. The van der Waals surface area contributed by atoms with Crippen LogP contribution in [0.25, 0.3) is 21.7 Å². The number of para-hydroxylation sites is 1. The van der Waals surface area contributed by atoms with Gasteiger partial charge in [-0.15, -0.1) is 11.3 Å². The van der Waals surface area contributed by atoms with E-state index in [9.17, 15) is 9.59 Å². The number of rotatable bonds is 6. The third-order valence-corrected chi connectivity index (χ3v) is 7.80. The number of nitrogens with one attached hydrogen (secondary N) is 1. The standard InChI is InChI=1S/C30H28N4O3S/c1-18(2)37-27-13-10-20(17-31-27)23-7-5-8-24(33-23)30(36)34-15-14-19-16-26(29(35)32-21-11-12-21)38-28(19)22-6-3-4-9-25(22)34/h3-10,13,16-18,21H,11-12,14-15H2,1-2H3,(H,32,35). The molecule has 0 saturated heterocycles. The molecule has 7 nitrogen and oxygen atoms in total. The average molecular weight is 525 g/mol. The molecule has 1 aromatic carbocycles. The fraction of sp³-hybridized carbons (Fsp3) is 0.267. The second-order valence-corrected chi connectivity index (χ2v) is 10.9. The van der Waals surface area contributed by atoms with Crippen molar-refractivity contribution in [2.75, 3.05) is 11.4 Å². The highest BCUT2D eigenvalue weighted by molar-refractivity contribution is 7.17. The van der Waals surface area contributed by atoms with Gasteiger partial charge >= 0.3 is 0 Å². The van der Waals surface area contributed by atoms with Gasteiger partial charge in [-0.3, -0.25) is 9.59 Å². The van der Waals surface area contributed by atoms with Crippen molar-refractivity contribution in [2.24, 2.45) is 0 Å². The van der Waals surface area contributed by atoms with Crippen LogP contribution in [0.15, 0.2) is 66.9 Å². The number of ether oxygens (including phenoxy) is 1. The number of hydrogen-bond donors (Lipinski definition) is 1. The SMILES string of the molecule is CC(C)Oc1ccc(-c2cccc(C(=O)N3CCc4cc(C(=O)NC5CC5)sc4-c4ccccc43)n2)cn1. The van der Waals surface area contributed by atoms with Crippen molar-refractivity contribution in [3.63, 3.8) is 0 Å². The van der Waals surface area contributed by atoms with Crippen LogP contribution in [0.3, 0.4) is 0 Å². The Kier molecular flexibility index (Phi) is 6.41. The van der Waals surface area contributed by atoms with Gasteiger partial charge in [-0.05, 0) is 69.0 Å². The first-order valence-electron chi connectivity index (χ1n) is 12.9. The summed E-state index contributed by atoms with van der Waals surface area (Å²) in [6.07, 6.45) is 4.52. The second kappa shape index (κ2) is 10.0. The molecule has 3 aromatic heterocycles. The van der Waals surface area contributed by atoms with Crippen LogP contribution < -0.4 is 15.0 Å². The van der Waals surface area contributed by atoms with Crippen LogP contribution in [0, 0.1) is 0 Å². The Morgan fingerprint density at radius 2 is 1.92 bits per heavy atom. The lowest BCUT2D eigenvalue weighted by Crippen LogP contribution is -2.33. The lowest BCUT2D eigenvalue weighted by Gasteiger charge is -2.23. The zero-order chi connectivity index (χ0) is 26.2. The van der Waals surface area contributed by atoms with Gasteiger partial charge in [0, 0.05) is 40.9 Å². The summed E-state index contributed by atoms with van der Waals surface area (Å²) >= 11 is 1.50. The normalized spacial score (nSPS) is 14.4. The van der Waals surface area contributed by atoms with Gasteiger partial charge in [0.25, 0.3) is 11.8 Å². The molecule has 1 N–H and O–H groups in total. The monoisotopic (exact) mass is 524 g/mol. The van der Waals surface area contributed by atoms with Gasteiger partial charge in [-0.1, -0.05) is 24.3 Å². The maximum absolute atomic E-state index is 13.8. The number of anilines is 1. The van der Waals surface area contributed by atoms with E-state index < -0.39 is 0 Å². The molecule has 0 bridgehead atoms. The van der Waals surface area contributed by atoms with Gasteiger partial charge in [-0.2, -0.15) is 0 Å². The van der Waals surface area contributed by atoms with Crippen LogP contribution in [0.5, 0.6) is 5.88 Å². The Morgan fingerprint density at radius 1 is 1.08 bits per heavy atom. The molecule has 38 heavy (non-hydrogen) atoms. The third-order valence-electron chi connectivity index (χ3n) is 6.59. The van der Waals surface area contributed by atoms with Crippen molar-refractivity contribution in [3.05, 3.63) is 83.0 Å². The first-order chi connectivity index (χ1) is 18.5. The fourth-order valence-corrected chi connectivity index (χ4v) is 5.75. The lowest BCUT2D eigenvalue weighted by atomic mass is 10.1. The smallest absolute Gasteiger partial charge is 0.276 e. The highest BCUT2D eigenvalue weighted by Gasteiger charge is 2.29. The van der Waals surface area contributed by atoms with Crippen molar-refractivity contribution in [3.8, 4) is 27.6 Å². The molecule has 0 unspecified atom stereocenters. The molecule has 0 radical (unpaired) electrons. The van der Waals surface area contributed by atoms with Gasteiger partial charge in [0.2, 0.25) is 5.88 Å². The molecular weight excluding hydrogens is 496 g/mol. The summed E-state index contributed by atoms with van der Waals surface area (Å²) in [6.45, 7) is 4.41. The third kappa shape index (κ3) is 4.91. The summed E-state index contributed by atoms with van der Waals surface area (Å²) in [5.41, 5.74) is 4.74. The van der Waals surface area contributed by atoms with Crippen molar-refractivity contribution >= 4 is 28.8 Å². The molecule has 2 aliphatic rings. The van der Waals surface area contributed by atoms with Crippen molar-refractivity contribution in [1.82, 2.24) is 15.3 Å². The maximum Gasteiger partial charge on any atom is 0.276 e.